The number of hydrogen-bond acceptors (Lipinski definition) is 4. The first-order valence-corrected chi connectivity index (χ1v) is 10.3. The largest absolute Gasteiger partial charge is 0.491 e. The van der Waals surface area contributed by atoms with E-state index in [0.717, 1.165) is 12.8 Å². The average molecular weight is 371 g/mol. The van der Waals surface area contributed by atoms with Gasteiger partial charge in [0.25, 0.3) is 0 Å². The molecular weight excluding hydrogens is 340 g/mol. The number of sulfonamides is 1. The molecule has 0 aliphatic rings. The summed E-state index contributed by atoms with van der Waals surface area (Å²) in [5, 5.41) is 2.71. The second-order valence-electron chi connectivity index (χ2n) is 6.25. The molecule has 0 bridgehead atoms. The van der Waals surface area contributed by atoms with Gasteiger partial charge in [0.1, 0.15) is 5.75 Å². The molecule has 0 saturated carbocycles. The van der Waals surface area contributed by atoms with Gasteiger partial charge >= 0.3 is 0 Å². The van der Waals surface area contributed by atoms with E-state index in [4.69, 9.17) is 4.74 Å². The highest BCUT2D eigenvalue weighted by atomic mass is 32.2. The third kappa shape index (κ3) is 6.57. The Kier molecular flexibility index (Phi) is 8.22. The van der Waals surface area contributed by atoms with Crippen molar-refractivity contribution in [1.29, 1.82) is 0 Å². The standard InChI is InChI=1S/C18H30N2O4S/c1-6-15(7-2)18(21)19-12-13-25(22,23)20(5)16-8-10-17(11-9-16)24-14(3)4/h8-11,14-15H,6-7,12-13H2,1-5H3,(H,19,21). The Morgan fingerprint density at radius 3 is 2.20 bits per heavy atom. The Hall–Kier alpha value is -1.76. The topological polar surface area (TPSA) is 75.7 Å². The highest BCUT2D eigenvalue weighted by Gasteiger charge is 2.20. The van der Waals surface area contributed by atoms with Crippen molar-refractivity contribution in [3.63, 3.8) is 0 Å². The number of anilines is 1. The van der Waals surface area contributed by atoms with Crippen LogP contribution in [-0.4, -0.2) is 39.8 Å². The highest BCUT2D eigenvalue weighted by Crippen LogP contribution is 2.21. The molecule has 0 fully saturated rings. The summed E-state index contributed by atoms with van der Waals surface area (Å²) >= 11 is 0. The number of hydrogen-bond donors (Lipinski definition) is 1. The molecule has 1 amide bonds. The highest BCUT2D eigenvalue weighted by molar-refractivity contribution is 7.92. The fraction of sp³-hybridized carbons (Fsp3) is 0.611. The number of carbonyl (C=O) groups excluding carboxylic acids is 1. The minimum atomic E-state index is -3.51. The van der Waals surface area contributed by atoms with Crippen LogP contribution in [0.25, 0.3) is 0 Å². The molecule has 0 spiro atoms. The fourth-order valence-electron chi connectivity index (χ4n) is 2.41. The van der Waals surface area contributed by atoms with Crippen molar-refractivity contribution in [2.24, 2.45) is 5.92 Å². The number of benzene rings is 1. The van der Waals surface area contributed by atoms with E-state index < -0.39 is 10.0 Å². The zero-order chi connectivity index (χ0) is 19.0. The zero-order valence-corrected chi connectivity index (χ0v) is 16.6. The second kappa shape index (κ2) is 9.65. The van der Waals surface area contributed by atoms with Crippen LogP contribution in [0, 0.1) is 5.92 Å². The fourth-order valence-corrected chi connectivity index (χ4v) is 3.49. The van der Waals surface area contributed by atoms with Crippen LogP contribution in [0.15, 0.2) is 24.3 Å². The summed E-state index contributed by atoms with van der Waals surface area (Å²) in [5.41, 5.74) is 0.558. The molecule has 142 valence electrons. The summed E-state index contributed by atoms with van der Waals surface area (Å²) < 4.78 is 31.6. The van der Waals surface area contributed by atoms with Gasteiger partial charge in [0.15, 0.2) is 0 Å². The van der Waals surface area contributed by atoms with E-state index in [1.165, 1.54) is 11.4 Å². The van der Waals surface area contributed by atoms with Gasteiger partial charge in [-0.1, -0.05) is 13.8 Å². The summed E-state index contributed by atoms with van der Waals surface area (Å²) in [6.45, 7) is 7.87. The molecule has 0 aliphatic heterocycles. The van der Waals surface area contributed by atoms with Crippen LogP contribution >= 0.6 is 0 Å². The molecule has 0 radical (unpaired) electrons. The molecule has 6 nitrogen and oxygen atoms in total. The van der Waals surface area contributed by atoms with E-state index in [-0.39, 0.29) is 30.2 Å². The van der Waals surface area contributed by atoms with Gasteiger partial charge < -0.3 is 10.1 Å². The van der Waals surface area contributed by atoms with Gasteiger partial charge in [-0.2, -0.15) is 0 Å². The lowest BCUT2D eigenvalue weighted by Crippen LogP contribution is -2.37. The van der Waals surface area contributed by atoms with Gasteiger partial charge in [-0.3, -0.25) is 9.10 Å². The van der Waals surface area contributed by atoms with E-state index in [1.807, 2.05) is 27.7 Å². The van der Waals surface area contributed by atoms with Crippen molar-refractivity contribution in [2.75, 3.05) is 23.7 Å². The number of rotatable bonds is 10. The van der Waals surface area contributed by atoms with Gasteiger partial charge in [-0.05, 0) is 51.0 Å². The van der Waals surface area contributed by atoms with E-state index in [2.05, 4.69) is 5.32 Å². The quantitative estimate of drug-likeness (QED) is 0.687. The smallest absolute Gasteiger partial charge is 0.236 e. The van der Waals surface area contributed by atoms with Crippen LogP contribution in [0.5, 0.6) is 5.75 Å². The van der Waals surface area contributed by atoms with Crippen LogP contribution in [0.1, 0.15) is 40.5 Å². The van der Waals surface area contributed by atoms with Crippen LogP contribution < -0.4 is 14.4 Å². The maximum atomic E-state index is 12.4. The van der Waals surface area contributed by atoms with E-state index in [9.17, 15) is 13.2 Å². The van der Waals surface area contributed by atoms with E-state index in [1.54, 1.807) is 24.3 Å². The Bertz CT molecular complexity index is 638. The average Bonchev–Trinajstić information content (AvgIpc) is 2.55. The molecule has 1 aromatic carbocycles. The first-order chi connectivity index (χ1) is 11.7. The zero-order valence-electron chi connectivity index (χ0n) is 15.8. The number of amides is 1. The molecule has 7 heteroatoms. The summed E-state index contributed by atoms with van der Waals surface area (Å²) in [5.74, 6) is 0.411. The van der Waals surface area contributed by atoms with Crippen LogP contribution in [0.2, 0.25) is 0 Å². The van der Waals surface area contributed by atoms with Crippen molar-refractivity contribution in [2.45, 2.75) is 46.6 Å². The third-order valence-electron chi connectivity index (χ3n) is 4.01. The normalized spacial score (nSPS) is 11.6. The predicted molar refractivity (Wildman–Crippen MR) is 101 cm³/mol. The monoisotopic (exact) mass is 370 g/mol. The Morgan fingerprint density at radius 2 is 1.72 bits per heavy atom. The molecule has 0 unspecified atom stereocenters. The lowest BCUT2D eigenvalue weighted by molar-refractivity contribution is -0.125. The first-order valence-electron chi connectivity index (χ1n) is 8.72. The molecule has 0 aliphatic carbocycles. The SMILES string of the molecule is CCC(CC)C(=O)NCCS(=O)(=O)N(C)c1ccc(OC(C)C)cc1. The summed E-state index contributed by atoms with van der Waals surface area (Å²) in [4.78, 5) is 11.9. The first kappa shape index (κ1) is 21.3. The number of carbonyl (C=O) groups is 1. The Labute approximate surface area is 151 Å². The maximum absolute atomic E-state index is 12.4. The Balaban J connectivity index is 2.64. The minimum Gasteiger partial charge on any atom is -0.491 e. The van der Waals surface area contributed by atoms with Crippen molar-refractivity contribution in [3.8, 4) is 5.75 Å². The van der Waals surface area contributed by atoms with Crippen LogP contribution in [-0.2, 0) is 14.8 Å². The number of nitrogens with zero attached hydrogens (tertiary/aromatic N) is 1. The molecule has 0 aromatic heterocycles. The summed E-state index contributed by atoms with van der Waals surface area (Å²) in [7, 11) is -2.00. The molecule has 0 heterocycles. The van der Waals surface area contributed by atoms with Crippen molar-refractivity contribution < 1.29 is 17.9 Å². The van der Waals surface area contributed by atoms with Gasteiger partial charge in [0.05, 0.1) is 17.5 Å². The lowest BCUT2D eigenvalue weighted by Gasteiger charge is -2.20. The maximum Gasteiger partial charge on any atom is 0.236 e. The molecule has 0 saturated heterocycles. The summed E-state index contributed by atoms with van der Waals surface area (Å²) in [6.07, 6.45) is 1.56. The second-order valence-corrected chi connectivity index (χ2v) is 8.37. The van der Waals surface area contributed by atoms with Crippen molar-refractivity contribution >= 4 is 21.6 Å². The van der Waals surface area contributed by atoms with Gasteiger partial charge in [0, 0.05) is 19.5 Å². The van der Waals surface area contributed by atoms with E-state index in [0.29, 0.717) is 11.4 Å². The van der Waals surface area contributed by atoms with Crippen molar-refractivity contribution in [1.82, 2.24) is 5.32 Å². The van der Waals surface area contributed by atoms with Gasteiger partial charge in [-0.15, -0.1) is 0 Å². The molecular formula is C18H30N2O4S. The Morgan fingerprint density at radius 1 is 1.16 bits per heavy atom. The van der Waals surface area contributed by atoms with Crippen LogP contribution in [0.4, 0.5) is 5.69 Å². The summed E-state index contributed by atoms with van der Waals surface area (Å²) in [6, 6.07) is 6.91. The molecule has 1 N–H and O–H groups in total. The van der Waals surface area contributed by atoms with Gasteiger partial charge in [-0.25, -0.2) is 8.42 Å². The molecule has 25 heavy (non-hydrogen) atoms. The molecule has 0 atom stereocenters. The predicted octanol–water partition coefficient (Wildman–Crippen LogP) is 2.79. The van der Waals surface area contributed by atoms with Crippen molar-refractivity contribution in [3.05, 3.63) is 24.3 Å². The molecule has 1 aromatic rings. The minimum absolute atomic E-state index is 0.0611. The van der Waals surface area contributed by atoms with E-state index >= 15 is 0 Å². The van der Waals surface area contributed by atoms with Crippen LogP contribution in [0.3, 0.4) is 0 Å². The van der Waals surface area contributed by atoms with Gasteiger partial charge in [0.2, 0.25) is 15.9 Å². The number of nitrogens with one attached hydrogen (secondary N) is 1. The third-order valence-corrected chi connectivity index (χ3v) is 5.77. The lowest BCUT2D eigenvalue weighted by atomic mass is 10.0. The molecule has 1 rings (SSSR count). The number of ether oxygens (including phenoxy) is 1.